The van der Waals surface area contributed by atoms with Crippen LogP contribution >= 0.6 is 0 Å². The van der Waals surface area contributed by atoms with Crippen molar-refractivity contribution in [3.63, 3.8) is 0 Å². The number of para-hydroxylation sites is 1. The molecule has 7 nitrogen and oxygen atoms in total. The number of nitrogens with one attached hydrogen (secondary N) is 2. The monoisotopic (exact) mass is 281 g/mol. The van der Waals surface area contributed by atoms with Crippen LogP contribution in [0.4, 0.5) is 11.4 Å². The van der Waals surface area contributed by atoms with E-state index in [1.165, 1.54) is 6.07 Å². The maximum absolute atomic E-state index is 12.0. The fourth-order valence-electron chi connectivity index (χ4n) is 1.73. The molecule has 20 heavy (non-hydrogen) atoms. The van der Waals surface area contributed by atoms with E-state index in [1.807, 2.05) is 13.8 Å². The molecule has 1 amide bonds. The second-order valence-electron chi connectivity index (χ2n) is 3.94. The second-order valence-corrected chi connectivity index (χ2v) is 3.94. The zero-order chi connectivity index (χ0) is 15.0. The Morgan fingerprint density at radius 1 is 1.40 bits per heavy atom. The van der Waals surface area contributed by atoms with Gasteiger partial charge < -0.3 is 15.4 Å². The van der Waals surface area contributed by atoms with Gasteiger partial charge in [-0.15, -0.1) is 0 Å². The molecule has 0 bridgehead atoms. The van der Waals surface area contributed by atoms with Crippen LogP contribution in [0.1, 0.15) is 24.2 Å². The summed E-state index contributed by atoms with van der Waals surface area (Å²) in [7, 11) is 0. The Labute approximate surface area is 117 Å². The third-order valence-corrected chi connectivity index (χ3v) is 2.57. The third kappa shape index (κ3) is 4.20. The standard InChI is InChI=1S/C13H19N3O4/c1-3-14-11-7-5-6-10(12(11)16(18)19)13(17)15-8-9-20-4-2/h5-7,14H,3-4,8-9H2,1-2H3,(H,15,17). The Morgan fingerprint density at radius 3 is 2.75 bits per heavy atom. The van der Waals surface area contributed by atoms with Gasteiger partial charge >= 0.3 is 5.69 Å². The minimum absolute atomic E-state index is 0.0462. The van der Waals surface area contributed by atoms with Crippen molar-refractivity contribution < 1.29 is 14.5 Å². The molecule has 1 aromatic rings. The molecule has 0 aliphatic rings. The number of ether oxygens (including phenoxy) is 1. The molecule has 1 rings (SSSR count). The van der Waals surface area contributed by atoms with E-state index in [4.69, 9.17) is 4.74 Å². The summed E-state index contributed by atoms with van der Waals surface area (Å²) in [6.07, 6.45) is 0. The van der Waals surface area contributed by atoms with E-state index in [2.05, 4.69) is 10.6 Å². The predicted octanol–water partition coefficient (Wildman–Crippen LogP) is 1.79. The first-order valence-electron chi connectivity index (χ1n) is 6.49. The van der Waals surface area contributed by atoms with E-state index < -0.39 is 10.8 Å². The van der Waals surface area contributed by atoms with Gasteiger partial charge in [0.05, 0.1) is 11.5 Å². The Morgan fingerprint density at radius 2 is 2.15 bits per heavy atom. The Kier molecular flexibility index (Phi) is 6.45. The number of carbonyl (C=O) groups is 1. The van der Waals surface area contributed by atoms with Crippen molar-refractivity contribution in [3.8, 4) is 0 Å². The number of hydrogen-bond donors (Lipinski definition) is 2. The van der Waals surface area contributed by atoms with Crippen molar-refractivity contribution in [1.82, 2.24) is 5.32 Å². The van der Waals surface area contributed by atoms with E-state index >= 15 is 0 Å². The maximum atomic E-state index is 12.0. The molecule has 0 aromatic heterocycles. The second kappa shape index (κ2) is 8.11. The lowest BCUT2D eigenvalue weighted by Gasteiger charge is -2.09. The largest absolute Gasteiger partial charge is 0.380 e. The highest BCUT2D eigenvalue weighted by Gasteiger charge is 2.23. The maximum Gasteiger partial charge on any atom is 0.305 e. The molecule has 0 aliphatic heterocycles. The van der Waals surface area contributed by atoms with Crippen molar-refractivity contribution in [2.24, 2.45) is 0 Å². The number of nitrogens with zero attached hydrogens (tertiary/aromatic N) is 1. The smallest absolute Gasteiger partial charge is 0.305 e. The number of amides is 1. The summed E-state index contributed by atoms with van der Waals surface area (Å²) in [6, 6.07) is 4.63. The summed E-state index contributed by atoms with van der Waals surface area (Å²) in [5.74, 6) is -0.476. The van der Waals surface area contributed by atoms with Crippen molar-refractivity contribution >= 4 is 17.3 Å². The minimum atomic E-state index is -0.546. The quantitative estimate of drug-likeness (QED) is 0.430. The van der Waals surface area contributed by atoms with Crippen LogP contribution in [0, 0.1) is 10.1 Å². The van der Waals surface area contributed by atoms with E-state index in [1.54, 1.807) is 12.1 Å². The lowest BCUT2D eigenvalue weighted by atomic mass is 10.1. The van der Waals surface area contributed by atoms with Crippen molar-refractivity contribution in [2.75, 3.05) is 31.6 Å². The fourth-order valence-corrected chi connectivity index (χ4v) is 1.73. The molecule has 0 heterocycles. The van der Waals surface area contributed by atoms with Gasteiger partial charge in [0.2, 0.25) is 0 Å². The first-order valence-corrected chi connectivity index (χ1v) is 6.49. The molecule has 0 radical (unpaired) electrons. The normalized spacial score (nSPS) is 10.1. The summed E-state index contributed by atoms with van der Waals surface area (Å²) in [6.45, 7) is 5.48. The van der Waals surface area contributed by atoms with Crippen molar-refractivity contribution in [3.05, 3.63) is 33.9 Å². The van der Waals surface area contributed by atoms with E-state index in [-0.39, 0.29) is 11.3 Å². The van der Waals surface area contributed by atoms with Gasteiger partial charge in [0.25, 0.3) is 5.91 Å². The zero-order valence-corrected chi connectivity index (χ0v) is 11.6. The minimum Gasteiger partial charge on any atom is -0.380 e. The van der Waals surface area contributed by atoms with Crippen molar-refractivity contribution in [1.29, 1.82) is 0 Å². The molecule has 0 saturated heterocycles. The van der Waals surface area contributed by atoms with Gasteiger partial charge in [-0.05, 0) is 26.0 Å². The molecule has 2 N–H and O–H groups in total. The van der Waals surface area contributed by atoms with Crippen LogP contribution in [-0.2, 0) is 4.74 Å². The number of hydrogen-bond acceptors (Lipinski definition) is 5. The molecule has 0 spiro atoms. The van der Waals surface area contributed by atoms with Crippen LogP contribution in [-0.4, -0.2) is 37.1 Å². The van der Waals surface area contributed by atoms with E-state index in [9.17, 15) is 14.9 Å². The molecule has 0 saturated carbocycles. The Bertz CT molecular complexity index is 477. The number of anilines is 1. The lowest BCUT2D eigenvalue weighted by Crippen LogP contribution is -2.28. The van der Waals surface area contributed by atoms with Gasteiger partial charge in [-0.1, -0.05) is 6.07 Å². The average Bonchev–Trinajstić information content (AvgIpc) is 2.43. The number of carbonyl (C=O) groups excluding carboxylic acids is 1. The van der Waals surface area contributed by atoms with Crippen molar-refractivity contribution in [2.45, 2.75) is 13.8 Å². The van der Waals surface area contributed by atoms with Crippen LogP contribution in [0.25, 0.3) is 0 Å². The fraction of sp³-hybridized carbons (Fsp3) is 0.462. The summed E-state index contributed by atoms with van der Waals surface area (Å²) >= 11 is 0. The summed E-state index contributed by atoms with van der Waals surface area (Å²) < 4.78 is 5.10. The molecule has 110 valence electrons. The van der Waals surface area contributed by atoms with E-state index in [0.29, 0.717) is 32.0 Å². The zero-order valence-electron chi connectivity index (χ0n) is 11.6. The molecule has 1 aromatic carbocycles. The van der Waals surface area contributed by atoms with Gasteiger partial charge in [0.15, 0.2) is 0 Å². The first-order chi connectivity index (χ1) is 9.61. The molecule has 7 heteroatoms. The SMILES string of the molecule is CCNc1cccc(C(=O)NCCOCC)c1[N+](=O)[O-]. The van der Waals surface area contributed by atoms with Gasteiger partial charge in [0, 0.05) is 19.7 Å². The average molecular weight is 281 g/mol. The topological polar surface area (TPSA) is 93.5 Å². The van der Waals surface area contributed by atoms with Gasteiger partial charge in [-0.25, -0.2) is 0 Å². The van der Waals surface area contributed by atoms with E-state index in [0.717, 1.165) is 0 Å². The summed E-state index contributed by atoms with van der Waals surface area (Å²) in [5.41, 5.74) is 0.183. The lowest BCUT2D eigenvalue weighted by molar-refractivity contribution is -0.384. The molecule has 0 unspecified atom stereocenters. The Hall–Kier alpha value is -2.15. The highest BCUT2D eigenvalue weighted by molar-refractivity contribution is 6.00. The molecule has 0 aliphatic carbocycles. The van der Waals surface area contributed by atoms with Gasteiger partial charge in [-0.2, -0.15) is 0 Å². The first kappa shape index (κ1) is 15.9. The number of benzene rings is 1. The van der Waals surface area contributed by atoms with Crippen LogP contribution in [0.15, 0.2) is 18.2 Å². The molecular weight excluding hydrogens is 262 g/mol. The number of rotatable bonds is 8. The molecule has 0 atom stereocenters. The number of nitro benzene ring substituents is 1. The van der Waals surface area contributed by atoms with Crippen LogP contribution in [0.2, 0.25) is 0 Å². The Balaban J connectivity index is 2.90. The van der Waals surface area contributed by atoms with Gasteiger partial charge in [0.1, 0.15) is 11.3 Å². The highest BCUT2D eigenvalue weighted by Crippen LogP contribution is 2.28. The summed E-state index contributed by atoms with van der Waals surface area (Å²) in [5, 5.41) is 16.6. The number of nitro groups is 1. The van der Waals surface area contributed by atoms with Gasteiger partial charge in [-0.3, -0.25) is 14.9 Å². The third-order valence-electron chi connectivity index (χ3n) is 2.57. The summed E-state index contributed by atoms with van der Waals surface area (Å²) in [4.78, 5) is 22.6. The molecular formula is C13H19N3O4. The highest BCUT2D eigenvalue weighted by atomic mass is 16.6. The van der Waals surface area contributed by atoms with Crippen LogP contribution in [0.5, 0.6) is 0 Å². The predicted molar refractivity (Wildman–Crippen MR) is 76.1 cm³/mol. The van der Waals surface area contributed by atoms with Crippen LogP contribution < -0.4 is 10.6 Å². The molecule has 0 fully saturated rings. The van der Waals surface area contributed by atoms with Crippen LogP contribution in [0.3, 0.4) is 0 Å².